The number of pyridine rings is 1. The molecule has 0 amide bonds. The summed E-state index contributed by atoms with van der Waals surface area (Å²) in [7, 11) is 0. The summed E-state index contributed by atoms with van der Waals surface area (Å²) < 4.78 is 2.73. The van der Waals surface area contributed by atoms with Crippen molar-refractivity contribution in [3.8, 4) is 0 Å². The number of hydrogen-bond acceptors (Lipinski definition) is 3. The lowest BCUT2D eigenvalue weighted by Gasteiger charge is -2.17. The van der Waals surface area contributed by atoms with Crippen molar-refractivity contribution in [2.24, 2.45) is 0 Å². The average molecular weight is 405 g/mol. The average Bonchev–Trinajstić information content (AvgIpc) is 2.93. The van der Waals surface area contributed by atoms with Crippen LogP contribution in [0.1, 0.15) is 16.1 Å². The Bertz CT molecular complexity index is 931. The summed E-state index contributed by atoms with van der Waals surface area (Å²) in [4.78, 5) is 19.6. The lowest BCUT2D eigenvalue weighted by Crippen LogP contribution is -3.09. The van der Waals surface area contributed by atoms with Crippen molar-refractivity contribution in [2.45, 2.75) is 20.0 Å². The minimum absolute atomic E-state index is 0.0319. The fourth-order valence-electron chi connectivity index (χ4n) is 2.71. The van der Waals surface area contributed by atoms with Gasteiger partial charge in [0, 0.05) is 12.3 Å². The molecule has 0 spiro atoms. The highest BCUT2D eigenvalue weighted by molar-refractivity contribution is 9.11. The summed E-state index contributed by atoms with van der Waals surface area (Å²) in [6.07, 6.45) is 3.74. The van der Waals surface area contributed by atoms with Gasteiger partial charge in [-0.15, -0.1) is 11.3 Å². The third-order valence-electron chi connectivity index (χ3n) is 3.78. The van der Waals surface area contributed by atoms with Crippen molar-refractivity contribution in [1.29, 1.82) is 0 Å². The van der Waals surface area contributed by atoms with Crippen LogP contribution in [-0.4, -0.2) is 15.9 Å². The van der Waals surface area contributed by atoms with Crippen LogP contribution in [0.25, 0.3) is 5.65 Å². The maximum atomic E-state index is 12.3. The molecule has 4 nitrogen and oxygen atoms in total. The summed E-state index contributed by atoms with van der Waals surface area (Å²) in [5.74, 6) is 0. The number of rotatable bonds is 6. The normalized spacial score (nSPS) is 12.4. The van der Waals surface area contributed by atoms with E-state index in [-0.39, 0.29) is 5.56 Å². The van der Waals surface area contributed by atoms with Crippen LogP contribution in [0.15, 0.2) is 57.8 Å². The molecule has 0 aromatic carbocycles. The molecule has 3 aromatic rings. The van der Waals surface area contributed by atoms with Gasteiger partial charge in [-0.25, -0.2) is 4.98 Å². The Morgan fingerprint density at radius 3 is 2.88 bits per heavy atom. The number of thiophene rings is 1. The van der Waals surface area contributed by atoms with Crippen LogP contribution in [0.5, 0.6) is 0 Å². The number of aromatic nitrogens is 2. The SMILES string of the molecule is C=CC[NH+](Cc1cc(=O)n2cc(C)ccc2n1)Cc1ccc(Br)s1. The smallest absolute Gasteiger partial charge is 0.258 e. The minimum Gasteiger partial charge on any atom is -0.322 e. The molecule has 124 valence electrons. The first-order chi connectivity index (χ1) is 11.5. The zero-order valence-corrected chi connectivity index (χ0v) is 15.9. The Balaban J connectivity index is 1.86. The van der Waals surface area contributed by atoms with Gasteiger partial charge >= 0.3 is 0 Å². The zero-order chi connectivity index (χ0) is 17.1. The fraction of sp³-hybridized carbons (Fsp3) is 0.222. The quantitative estimate of drug-likeness (QED) is 0.641. The molecule has 3 heterocycles. The van der Waals surface area contributed by atoms with Gasteiger partial charge in [0.15, 0.2) is 0 Å². The summed E-state index contributed by atoms with van der Waals surface area (Å²) in [5, 5.41) is 0. The molecule has 0 saturated heterocycles. The Hall–Kier alpha value is -1.76. The molecular weight excluding hydrogens is 386 g/mol. The van der Waals surface area contributed by atoms with Crippen molar-refractivity contribution >= 4 is 32.9 Å². The van der Waals surface area contributed by atoms with Crippen LogP contribution < -0.4 is 10.5 Å². The summed E-state index contributed by atoms with van der Waals surface area (Å²) in [5.41, 5.74) is 2.52. The first-order valence-electron chi connectivity index (χ1n) is 7.73. The predicted octanol–water partition coefficient (Wildman–Crippen LogP) is 2.60. The Labute approximate surface area is 153 Å². The first-order valence-corrected chi connectivity index (χ1v) is 9.34. The maximum Gasteiger partial charge on any atom is 0.258 e. The molecule has 24 heavy (non-hydrogen) atoms. The van der Waals surface area contributed by atoms with Crippen molar-refractivity contribution in [1.82, 2.24) is 9.38 Å². The van der Waals surface area contributed by atoms with E-state index in [1.54, 1.807) is 21.8 Å². The molecular formula is C18H19BrN3OS+. The van der Waals surface area contributed by atoms with Gasteiger partial charge in [0.25, 0.3) is 5.56 Å². The molecule has 0 aliphatic carbocycles. The van der Waals surface area contributed by atoms with Gasteiger partial charge in [-0.05, 0) is 52.7 Å². The number of quaternary nitrogens is 1. The van der Waals surface area contributed by atoms with E-state index < -0.39 is 0 Å². The van der Waals surface area contributed by atoms with Gasteiger partial charge in [-0.3, -0.25) is 9.20 Å². The number of fused-ring (bicyclic) bond motifs is 1. The Morgan fingerprint density at radius 2 is 2.17 bits per heavy atom. The van der Waals surface area contributed by atoms with Gasteiger partial charge in [-0.1, -0.05) is 12.6 Å². The van der Waals surface area contributed by atoms with E-state index in [1.807, 2.05) is 31.3 Å². The molecule has 0 radical (unpaired) electrons. The number of hydrogen-bond donors (Lipinski definition) is 1. The number of aryl methyl sites for hydroxylation is 1. The lowest BCUT2D eigenvalue weighted by atomic mass is 10.3. The first kappa shape index (κ1) is 17.1. The second-order valence-electron chi connectivity index (χ2n) is 5.82. The van der Waals surface area contributed by atoms with E-state index in [1.165, 1.54) is 9.78 Å². The molecule has 6 heteroatoms. The molecule has 1 unspecified atom stereocenters. The van der Waals surface area contributed by atoms with Crippen LogP contribution in [0.4, 0.5) is 0 Å². The highest BCUT2D eigenvalue weighted by Crippen LogP contribution is 2.21. The van der Waals surface area contributed by atoms with Crippen molar-refractivity contribution in [3.05, 3.63) is 79.5 Å². The summed E-state index contributed by atoms with van der Waals surface area (Å²) in [6, 6.07) is 9.70. The van der Waals surface area contributed by atoms with Crippen molar-refractivity contribution in [3.63, 3.8) is 0 Å². The fourth-order valence-corrected chi connectivity index (χ4v) is 4.26. The van der Waals surface area contributed by atoms with E-state index in [4.69, 9.17) is 0 Å². The van der Waals surface area contributed by atoms with Gasteiger partial charge < -0.3 is 4.90 Å². The number of nitrogens with zero attached hydrogens (tertiary/aromatic N) is 2. The van der Waals surface area contributed by atoms with E-state index in [9.17, 15) is 4.79 Å². The highest BCUT2D eigenvalue weighted by Gasteiger charge is 2.13. The summed E-state index contributed by atoms with van der Waals surface area (Å²) in [6.45, 7) is 8.23. The maximum absolute atomic E-state index is 12.3. The third-order valence-corrected chi connectivity index (χ3v) is 5.40. The lowest BCUT2D eigenvalue weighted by molar-refractivity contribution is -0.921. The molecule has 0 fully saturated rings. The second kappa shape index (κ2) is 7.42. The van der Waals surface area contributed by atoms with Crippen LogP contribution in [0.3, 0.4) is 0 Å². The standard InChI is InChI=1S/C18H18BrN3OS/c1-3-8-21(12-15-5-6-16(19)24-15)11-14-9-18(23)22-10-13(2)4-7-17(22)20-14/h3-7,9-10H,1,8,11-12H2,2H3/p+1. The van der Waals surface area contributed by atoms with E-state index >= 15 is 0 Å². The van der Waals surface area contributed by atoms with Crippen molar-refractivity contribution < 1.29 is 4.90 Å². The van der Waals surface area contributed by atoms with Gasteiger partial charge in [0.1, 0.15) is 24.4 Å². The Morgan fingerprint density at radius 1 is 1.33 bits per heavy atom. The largest absolute Gasteiger partial charge is 0.322 e. The third kappa shape index (κ3) is 4.01. The van der Waals surface area contributed by atoms with E-state index in [0.717, 1.165) is 28.1 Å². The van der Waals surface area contributed by atoms with Crippen LogP contribution in [-0.2, 0) is 13.1 Å². The molecule has 3 aromatic heterocycles. The molecule has 0 aliphatic rings. The molecule has 1 N–H and O–H groups in total. The van der Waals surface area contributed by atoms with Crippen LogP contribution in [0, 0.1) is 6.92 Å². The second-order valence-corrected chi connectivity index (χ2v) is 8.37. The van der Waals surface area contributed by atoms with E-state index in [2.05, 4.69) is 39.6 Å². The summed E-state index contributed by atoms with van der Waals surface area (Å²) >= 11 is 5.24. The minimum atomic E-state index is -0.0319. The number of halogens is 1. The van der Waals surface area contributed by atoms with Crippen LogP contribution >= 0.6 is 27.3 Å². The molecule has 1 atom stereocenters. The van der Waals surface area contributed by atoms with Gasteiger partial charge in [-0.2, -0.15) is 0 Å². The predicted molar refractivity (Wildman–Crippen MR) is 102 cm³/mol. The van der Waals surface area contributed by atoms with Gasteiger partial charge in [0.05, 0.1) is 15.2 Å². The molecule has 0 saturated carbocycles. The topological polar surface area (TPSA) is 38.8 Å². The highest BCUT2D eigenvalue weighted by atomic mass is 79.9. The van der Waals surface area contributed by atoms with Gasteiger partial charge in [0.2, 0.25) is 0 Å². The van der Waals surface area contributed by atoms with Crippen molar-refractivity contribution in [2.75, 3.05) is 6.54 Å². The van der Waals surface area contributed by atoms with E-state index in [0.29, 0.717) is 12.2 Å². The Kier molecular flexibility index (Phi) is 5.28. The monoisotopic (exact) mass is 404 g/mol. The molecule has 3 rings (SSSR count). The number of nitrogens with one attached hydrogen (secondary N) is 1. The molecule has 0 aliphatic heterocycles. The van der Waals surface area contributed by atoms with Crippen LogP contribution in [0.2, 0.25) is 0 Å². The zero-order valence-electron chi connectivity index (χ0n) is 13.5. The molecule has 0 bridgehead atoms.